The molecule has 0 saturated heterocycles. The number of anilines is 1. The minimum atomic E-state index is -0.881. The summed E-state index contributed by atoms with van der Waals surface area (Å²) >= 11 is 5.13. The van der Waals surface area contributed by atoms with Crippen LogP contribution in [-0.4, -0.2) is 54.1 Å². The summed E-state index contributed by atoms with van der Waals surface area (Å²) in [5.41, 5.74) is 0.231. The first-order valence-corrected chi connectivity index (χ1v) is 14.2. The average molecular weight is 575 g/mol. The molecule has 3 aromatic heterocycles. The lowest BCUT2D eigenvalue weighted by atomic mass is 10.3. The number of carboxylic acids is 1. The summed E-state index contributed by atoms with van der Waals surface area (Å²) in [5, 5.41) is 21.1. The van der Waals surface area contributed by atoms with Crippen LogP contribution in [0.5, 0.6) is 5.75 Å². The molecule has 1 atom stereocenters. The fourth-order valence-electron chi connectivity index (χ4n) is 2.94. The number of pyridine rings is 1. The van der Waals surface area contributed by atoms with Crippen molar-refractivity contribution in [2.75, 3.05) is 12.4 Å². The second-order valence-corrected chi connectivity index (χ2v) is 12.0. The average Bonchev–Trinajstić information content (AvgIpc) is 3.51. The zero-order chi connectivity index (χ0) is 26.4. The van der Waals surface area contributed by atoms with Gasteiger partial charge in [-0.2, -0.15) is 0 Å². The van der Waals surface area contributed by atoms with E-state index >= 15 is 0 Å². The molecule has 37 heavy (non-hydrogen) atoms. The number of aliphatic carboxylic acids is 1. The van der Waals surface area contributed by atoms with Crippen LogP contribution < -0.4 is 10.1 Å². The van der Waals surface area contributed by atoms with Gasteiger partial charge < -0.3 is 14.4 Å². The van der Waals surface area contributed by atoms with Gasteiger partial charge in [0.15, 0.2) is 10.3 Å². The van der Waals surface area contributed by atoms with E-state index in [1.54, 1.807) is 24.2 Å². The summed E-state index contributed by atoms with van der Waals surface area (Å²) in [4.78, 5) is 35.2. The van der Waals surface area contributed by atoms with Gasteiger partial charge in [0.25, 0.3) is 5.91 Å². The summed E-state index contributed by atoms with van der Waals surface area (Å²) < 4.78 is 7.70. The number of rotatable bonds is 11. The summed E-state index contributed by atoms with van der Waals surface area (Å²) in [7, 11) is 3.43. The molecule has 192 valence electrons. The number of amides is 1. The number of nitrogens with zero attached hydrogens (tertiary/aromatic N) is 5. The second-order valence-electron chi connectivity index (χ2n) is 7.39. The molecule has 2 N–H and O–H groups in total. The number of hydrogen-bond acceptors (Lipinski definition) is 11. The van der Waals surface area contributed by atoms with E-state index < -0.39 is 17.1 Å². The van der Waals surface area contributed by atoms with Crippen molar-refractivity contribution >= 4 is 63.6 Å². The first-order chi connectivity index (χ1) is 17.9. The molecule has 0 aliphatic rings. The van der Waals surface area contributed by atoms with E-state index in [4.69, 9.17) is 4.74 Å². The van der Waals surface area contributed by atoms with E-state index in [-0.39, 0.29) is 5.69 Å². The molecule has 1 unspecified atom stereocenters. The van der Waals surface area contributed by atoms with Crippen molar-refractivity contribution in [3.63, 3.8) is 0 Å². The van der Waals surface area contributed by atoms with E-state index in [1.165, 1.54) is 46.6 Å². The standard InChI is InChI=1S/C23H22N6O4S4/c1-4-15(21(31)32)35-18-11-24-22(37-18)27-20(30)19-16(34-14-7-5-13(33-3)6-8-14)9-10-17(26-19)36-23-28-25-12-29(23)2/h5-12,15H,4H2,1-3H3,(H,31,32)(H,24,27,30). The fraction of sp³-hybridized carbons (Fsp3) is 0.217. The van der Waals surface area contributed by atoms with Gasteiger partial charge in [-0.15, -0.1) is 10.2 Å². The minimum Gasteiger partial charge on any atom is -0.497 e. The summed E-state index contributed by atoms with van der Waals surface area (Å²) in [6.07, 6.45) is 3.64. The Hall–Kier alpha value is -3.07. The number of methoxy groups -OCH3 is 1. The number of thioether (sulfide) groups is 1. The molecule has 3 heterocycles. The van der Waals surface area contributed by atoms with Crippen molar-refractivity contribution in [1.29, 1.82) is 0 Å². The number of benzene rings is 1. The van der Waals surface area contributed by atoms with Gasteiger partial charge in [0, 0.05) is 16.8 Å². The lowest BCUT2D eigenvalue weighted by Crippen LogP contribution is -2.15. The van der Waals surface area contributed by atoms with Gasteiger partial charge in [-0.25, -0.2) is 9.97 Å². The molecule has 4 aromatic rings. The largest absolute Gasteiger partial charge is 0.497 e. The second kappa shape index (κ2) is 12.4. The zero-order valence-corrected chi connectivity index (χ0v) is 23.2. The topological polar surface area (TPSA) is 132 Å². The van der Waals surface area contributed by atoms with Gasteiger partial charge >= 0.3 is 5.97 Å². The minimum absolute atomic E-state index is 0.231. The maximum Gasteiger partial charge on any atom is 0.317 e. The third-order valence-electron chi connectivity index (χ3n) is 4.81. The van der Waals surface area contributed by atoms with Crippen LogP contribution in [0.1, 0.15) is 23.8 Å². The number of nitrogens with one attached hydrogen (secondary N) is 1. The van der Waals surface area contributed by atoms with Crippen LogP contribution in [0.3, 0.4) is 0 Å². The fourth-order valence-corrected chi connectivity index (χ4v) is 6.56. The van der Waals surface area contributed by atoms with E-state index in [9.17, 15) is 14.7 Å². The number of carboxylic acid groups (broad SMARTS) is 1. The molecule has 14 heteroatoms. The van der Waals surface area contributed by atoms with Crippen LogP contribution in [0, 0.1) is 0 Å². The van der Waals surface area contributed by atoms with Crippen LogP contribution in [0.15, 0.2) is 73.1 Å². The number of carbonyl (C=O) groups excluding carboxylic acids is 1. The first-order valence-electron chi connectivity index (χ1n) is 10.9. The molecule has 0 bridgehead atoms. The van der Waals surface area contributed by atoms with E-state index in [2.05, 4.69) is 25.5 Å². The summed E-state index contributed by atoms with van der Waals surface area (Å²) in [5.74, 6) is -0.567. The lowest BCUT2D eigenvalue weighted by molar-refractivity contribution is -0.136. The molecule has 0 aliphatic carbocycles. The number of carbonyl (C=O) groups is 2. The van der Waals surface area contributed by atoms with Gasteiger partial charge in [-0.1, -0.05) is 41.8 Å². The Bertz CT molecular complexity index is 1390. The van der Waals surface area contributed by atoms with Gasteiger partial charge in [-0.3, -0.25) is 14.9 Å². The molecule has 0 radical (unpaired) electrons. The monoisotopic (exact) mass is 574 g/mol. The van der Waals surface area contributed by atoms with Crippen molar-refractivity contribution in [3.8, 4) is 5.75 Å². The third-order valence-corrected chi connectivity index (χ3v) is 9.26. The van der Waals surface area contributed by atoms with Crippen molar-refractivity contribution in [1.82, 2.24) is 24.7 Å². The highest BCUT2D eigenvalue weighted by atomic mass is 32.2. The Labute approximate surface area is 229 Å². The molecule has 0 spiro atoms. The van der Waals surface area contributed by atoms with E-state index in [1.807, 2.05) is 50.4 Å². The molecule has 0 saturated carbocycles. The number of thiazole rings is 1. The highest BCUT2D eigenvalue weighted by Gasteiger charge is 2.21. The van der Waals surface area contributed by atoms with Crippen molar-refractivity contribution < 1.29 is 19.4 Å². The first kappa shape index (κ1) is 27.0. The normalized spacial score (nSPS) is 11.8. The van der Waals surface area contributed by atoms with Crippen LogP contribution in [-0.2, 0) is 11.8 Å². The van der Waals surface area contributed by atoms with Crippen molar-refractivity contribution in [3.05, 3.63) is 54.6 Å². The molecule has 1 aromatic carbocycles. The Balaban J connectivity index is 1.58. The van der Waals surface area contributed by atoms with Crippen molar-refractivity contribution in [2.24, 2.45) is 7.05 Å². The maximum absolute atomic E-state index is 13.4. The van der Waals surface area contributed by atoms with Gasteiger partial charge in [0.2, 0.25) is 0 Å². The van der Waals surface area contributed by atoms with E-state index in [0.29, 0.717) is 30.8 Å². The smallest absolute Gasteiger partial charge is 0.317 e. The van der Waals surface area contributed by atoms with Crippen LogP contribution in [0.25, 0.3) is 0 Å². The predicted octanol–water partition coefficient (Wildman–Crippen LogP) is 5.19. The number of hydrogen-bond donors (Lipinski definition) is 2. The maximum atomic E-state index is 13.4. The molecule has 0 fully saturated rings. The molecule has 0 aliphatic heterocycles. The Morgan fingerprint density at radius 3 is 2.62 bits per heavy atom. The lowest BCUT2D eigenvalue weighted by Gasteiger charge is -2.10. The van der Waals surface area contributed by atoms with Crippen molar-refractivity contribution in [2.45, 2.75) is 42.8 Å². The van der Waals surface area contributed by atoms with E-state index in [0.717, 1.165) is 10.6 Å². The van der Waals surface area contributed by atoms with Crippen LogP contribution >= 0.6 is 46.6 Å². The number of ether oxygens (including phenoxy) is 1. The van der Waals surface area contributed by atoms with Gasteiger partial charge in [0.1, 0.15) is 28.0 Å². The summed E-state index contributed by atoms with van der Waals surface area (Å²) in [6.45, 7) is 1.81. The Morgan fingerprint density at radius 2 is 1.97 bits per heavy atom. The molecule has 1 amide bonds. The molecular weight excluding hydrogens is 553 g/mol. The molecule has 10 nitrogen and oxygen atoms in total. The van der Waals surface area contributed by atoms with Gasteiger partial charge in [-0.05, 0) is 54.6 Å². The van der Waals surface area contributed by atoms with Gasteiger partial charge in [0.05, 0.1) is 17.5 Å². The number of aromatic nitrogens is 5. The highest BCUT2D eigenvalue weighted by molar-refractivity contribution is 8.02. The molecular formula is C23H22N6O4S4. The third kappa shape index (κ3) is 7.03. The SMILES string of the molecule is CCC(Sc1cnc(NC(=O)c2nc(Sc3nncn3C)ccc2Sc2ccc(OC)cc2)s1)C(=O)O. The van der Waals surface area contributed by atoms with Crippen LogP contribution in [0.4, 0.5) is 5.13 Å². The Morgan fingerprint density at radius 1 is 1.19 bits per heavy atom. The Kier molecular flexibility index (Phi) is 9.08. The summed E-state index contributed by atoms with van der Waals surface area (Å²) in [6, 6.07) is 11.2. The predicted molar refractivity (Wildman–Crippen MR) is 144 cm³/mol. The quantitative estimate of drug-likeness (QED) is 0.229. The highest BCUT2D eigenvalue weighted by Crippen LogP contribution is 2.35. The zero-order valence-electron chi connectivity index (χ0n) is 19.9. The van der Waals surface area contributed by atoms with Crippen LogP contribution in [0.2, 0.25) is 0 Å². The number of aryl methyl sites for hydroxylation is 1. The molecule has 4 rings (SSSR count).